The Kier molecular flexibility index (Phi) is 9.02. The normalized spacial score (nSPS) is 16.6. The van der Waals surface area contributed by atoms with Crippen molar-refractivity contribution in [1.82, 2.24) is 33.6 Å². The Morgan fingerprint density at radius 1 is 1.14 bits per heavy atom. The summed E-state index contributed by atoms with van der Waals surface area (Å²) in [7, 11) is 0. The molecule has 1 aromatic carbocycles. The van der Waals surface area contributed by atoms with E-state index in [2.05, 4.69) is 25.7 Å². The zero-order valence-corrected chi connectivity index (χ0v) is 27.9. The molecule has 3 aromatic heterocycles. The number of aryl methyl sites for hydroxylation is 1. The van der Waals surface area contributed by atoms with E-state index in [-0.39, 0.29) is 28.9 Å². The molecule has 2 amide bonds. The van der Waals surface area contributed by atoms with Crippen molar-refractivity contribution in [3.8, 4) is 0 Å². The van der Waals surface area contributed by atoms with Crippen LogP contribution in [0.5, 0.6) is 0 Å². The smallest absolute Gasteiger partial charge is 0.377 e. The van der Waals surface area contributed by atoms with E-state index in [1.54, 1.807) is 15.8 Å². The first-order chi connectivity index (χ1) is 24.0. The van der Waals surface area contributed by atoms with E-state index in [1.807, 2.05) is 22.5 Å². The lowest BCUT2D eigenvalue weighted by Crippen LogP contribution is -2.51. The molecule has 0 radical (unpaired) electrons. The molecule has 0 aliphatic carbocycles. The van der Waals surface area contributed by atoms with Gasteiger partial charge in [0.2, 0.25) is 11.7 Å². The van der Waals surface area contributed by atoms with Gasteiger partial charge in [-0.2, -0.15) is 22.7 Å². The number of aromatic nitrogens is 6. The highest BCUT2D eigenvalue weighted by molar-refractivity contribution is 6.33. The van der Waals surface area contributed by atoms with Crippen molar-refractivity contribution in [2.45, 2.75) is 45.5 Å². The number of alkyl halides is 3. The topological polar surface area (TPSA) is 144 Å². The maximum Gasteiger partial charge on any atom is 0.416 e. The number of nitrogens with one attached hydrogen (secondary N) is 2. The molecule has 1 fully saturated rings. The van der Waals surface area contributed by atoms with E-state index in [9.17, 15) is 27.6 Å². The molecule has 6 heterocycles. The van der Waals surface area contributed by atoms with Crippen LogP contribution in [0.2, 0.25) is 5.02 Å². The third-order valence-electron chi connectivity index (χ3n) is 9.07. The summed E-state index contributed by atoms with van der Waals surface area (Å²) in [6.07, 6.45) is 0.732. The van der Waals surface area contributed by atoms with E-state index in [4.69, 9.17) is 16.3 Å². The van der Waals surface area contributed by atoms with Gasteiger partial charge in [0, 0.05) is 39.3 Å². The summed E-state index contributed by atoms with van der Waals surface area (Å²) in [6, 6.07) is 2.68. The Morgan fingerprint density at radius 3 is 2.64 bits per heavy atom. The number of nitrogens with zero attached hydrogens (tertiary/aromatic N) is 8. The van der Waals surface area contributed by atoms with E-state index < -0.39 is 23.2 Å². The molecule has 3 aliphatic rings. The Hall–Kier alpha value is -4.90. The second-order valence-corrected chi connectivity index (χ2v) is 12.6. The highest BCUT2D eigenvalue weighted by atomic mass is 35.5. The number of anilines is 3. The van der Waals surface area contributed by atoms with Gasteiger partial charge in [0.15, 0.2) is 11.5 Å². The molecule has 14 nitrogen and oxygen atoms in total. The molecule has 0 spiro atoms. The number of carbonyl (C=O) groups is 2. The van der Waals surface area contributed by atoms with Crippen LogP contribution in [0.25, 0.3) is 11.4 Å². The van der Waals surface area contributed by atoms with Crippen molar-refractivity contribution in [1.29, 1.82) is 0 Å². The molecule has 7 rings (SSSR count). The van der Waals surface area contributed by atoms with Crippen LogP contribution in [-0.2, 0) is 35.2 Å². The lowest BCUT2D eigenvalue weighted by molar-refractivity contribution is -0.137. The fourth-order valence-electron chi connectivity index (χ4n) is 6.55. The average Bonchev–Trinajstić information content (AvgIpc) is 3.76. The summed E-state index contributed by atoms with van der Waals surface area (Å²) in [6.45, 7) is 5.22. The van der Waals surface area contributed by atoms with Crippen molar-refractivity contribution in [2.75, 3.05) is 61.5 Å². The van der Waals surface area contributed by atoms with Gasteiger partial charge in [0.1, 0.15) is 18.1 Å². The number of hydrogen-bond acceptors (Lipinski definition) is 9. The Balaban J connectivity index is 1.21. The zero-order chi connectivity index (χ0) is 35.2. The van der Waals surface area contributed by atoms with Crippen molar-refractivity contribution in [3.63, 3.8) is 0 Å². The third-order valence-corrected chi connectivity index (χ3v) is 9.39. The van der Waals surface area contributed by atoms with Gasteiger partial charge in [0.25, 0.3) is 11.5 Å². The highest BCUT2D eigenvalue weighted by Gasteiger charge is 2.33. The number of halogens is 4. The van der Waals surface area contributed by atoms with Crippen molar-refractivity contribution >= 4 is 52.0 Å². The molecular formula is C32H34ClF3N10O4. The maximum atomic E-state index is 14.2. The summed E-state index contributed by atoms with van der Waals surface area (Å²) < 4.78 is 49.7. The van der Waals surface area contributed by atoms with Crippen LogP contribution in [0.4, 0.5) is 30.4 Å². The summed E-state index contributed by atoms with van der Waals surface area (Å²) in [5.74, 6) is 0.387. The minimum Gasteiger partial charge on any atom is -0.377 e. The maximum absolute atomic E-state index is 14.2. The van der Waals surface area contributed by atoms with Crippen molar-refractivity contribution < 1.29 is 27.5 Å². The van der Waals surface area contributed by atoms with E-state index in [1.165, 1.54) is 4.52 Å². The molecule has 1 saturated heterocycles. The molecule has 3 aliphatic heterocycles. The molecule has 0 unspecified atom stereocenters. The molecule has 0 saturated carbocycles. The SMILES string of the molecule is CCc1c(N2CCN(C(=O)c3ncn4c3NCCC4)CC2)c(=O)n2nc(C3=CCOCC3)nc2n1CC(=O)Nc1ccc(C(F)(F)F)cc1Cl. The number of carbonyl (C=O) groups excluding carboxylic acids is 2. The van der Waals surface area contributed by atoms with Gasteiger partial charge >= 0.3 is 6.18 Å². The minimum atomic E-state index is -4.60. The number of hydrogen-bond donors (Lipinski definition) is 2. The monoisotopic (exact) mass is 714 g/mol. The van der Waals surface area contributed by atoms with Gasteiger partial charge in [0.05, 0.1) is 41.5 Å². The molecule has 0 bridgehead atoms. The van der Waals surface area contributed by atoms with Crippen LogP contribution < -0.4 is 21.1 Å². The molecule has 2 N–H and O–H groups in total. The van der Waals surface area contributed by atoms with Gasteiger partial charge in [-0.05, 0) is 43.0 Å². The number of amides is 2. The number of imidazole rings is 1. The second kappa shape index (κ2) is 13.4. The third kappa shape index (κ3) is 6.30. The van der Waals surface area contributed by atoms with Crippen molar-refractivity contribution in [3.05, 3.63) is 68.8 Å². The van der Waals surface area contributed by atoms with Crippen LogP contribution in [0.1, 0.15) is 47.3 Å². The Labute approximate surface area is 288 Å². The first-order valence-corrected chi connectivity index (χ1v) is 16.7. The minimum absolute atomic E-state index is 0.00416. The molecule has 0 atom stereocenters. The number of ether oxygens (including phenoxy) is 1. The summed E-state index contributed by atoms with van der Waals surface area (Å²) in [4.78, 5) is 53.8. The molecule has 18 heteroatoms. The average molecular weight is 715 g/mol. The van der Waals surface area contributed by atoms with Crippen LogP contribution in [-0.4, -0.2) is 91.4 Å². The zero-order valence-electron chi connectivity index (χ0n) is 27.1. The Morgan fingerprint density at radius 2 is 1.94 bits per heavy atom. The lowest BCUT2D eigenvalue weighted by Gasteiger charge is -2.36. The van der Waals surface area contributed by atoms with Crippen LogP contribution >= 0.6 is 11.6 Å². The van der Waals surface area contributed by atoms with Crippen LogP contribution in [0.3, 0.4) is 0 Å². The summed E-state index contributed by atoms with van der Waals surface area (Å²) >= 11 is 6.13. The van der Waals surface area contributed by atoms with Gasteiger partial charge in [-0.25, -0.2) is 4.98 Å². The van der Waals surface area contributed by atoms with Gasteiger partial charge in [-0.15, -0.1) is 5.10 Å². The standard InChI is InChI=1S/C32H34ClF3N10O4/c1-2-23-26(42-10-12-43(13-11-42)29(48)25-28-37-8-3-9-44(28)18-38-25)30(49)46-31(40-27(41-46)19-6-14-50-15-7-19)45(23)17-24(47)39-22-5-4-20(16-21(22)33)32(34,35)36/h4-6,16,18,37H,2-3,7-15,17H2,1H3,(H,39,47). The Bertz CT molecular complexity index is 2060. The predicted molar refractivity (Wildman–Crippen MR) is 179 cm³/mol. The first-order valence-electron chi connectivity index (χ1n) is 16.3. The predicted octanol–water partition coefficient (Wildman–Crippen LogP) is 3.54. The molecule has 50 heavy (non-hydrogen) atoms. The molecule has 4 aromatic rings. The van der Waals surface area contributed by atoms with E-state index >= 15 is 0 Å². The largest absolute Gasteiger partial charge is 0.416 e. The van der Waals surface area contributed by atoms with Crippen molar-refractivity contribution in [2.24, 2.45) is 0 Å². The number of rotatable bonds is 7. The number of benzene rings is 1. The van der Waals surface area contributed by atoms with Gasteiger partial charge < -0.3 is 34.3 Å². The fourth-order valence-corrected chi connectivity index (χ4v) is 6.78. The van der Waals surface area contributed by atoms with Crippen LogP contribution in [0, 0.1) is 0 Å². The highest BCUT2D eigenvalue weighted by Crippen LogP contribution is 2.34. The lowest BCUT2D eigenvalue weighted by atomic mass is 10.1. The van der Waals surface area contributed by atoms with Gasteiger partial charge in [-0.1, -0.05) is 24.6 Å². The second-order valence-electron chi connectivity index (χ2n) is 12.2. The van der Waals surface area contributed by atoms with Crippen LogP contribution in [0.15, 0.2) is 35.4 Å². The van der Waals surface area contributed by atoms with E-state index in [0.717, 1.165) is 43.3 Å². The molecule has 264 valence electrons. The summed E-state index contributed by atoms with van der Waals surface area (Å²) in [5.41, 5.74) is 0.653. The fraction of sp³-hybridized carbons (Fsp3) is 0.438. The van der Waals surface area contributed by atoms with E-state index in [0.29, 0.717) is 81.0 Å². The number of fused-ring (bicyclic) bond motifs is 2. The quantitative estimate of drug-likeness (QED) is 0.294. The number of piperazine rings is 1. The molecular weight excluding hydrogens is 681 g/mol. The van der Waals surface area contributed by atoms with Gasteiger partial charge in [-0.3, -0.25) is 14.4 Å². The summed E-state index contributed by atoms with van der Waals surface area (Å²) in [5, 5.41) is 10.2. The first kappa shape index (κ1) is 33.6.